The fraction of sp³-hybridized carbons (Fsp3) is 0.0270. The van der Waals surface area contributed by atoms with E-state index in [9.17, 15) is 0 Å². The molecule has 0 aliphatic carbocycles. The van der Waals surface area contributed by atoms with Crippen molar-refractivity contribution in [2.24, 2.45) is 0 Å². The minimum Gasteiger partial charge on any atom is -0.309 e. The van der Waals surface area contributed by atoms with E-state index in [-0.39, 0.29) is 18.1 Å². The van der Waals surface area contributed by atoms with Gasteiger partial charge in [0, 0.05) is 39.3 Å². The zero-order valence-electron chi connectivity index (χ0n) is 22.1. The Labute approximate surface area is 235 Å². The van der Waals surface area contributed by atoms with E-state index in [0.29, 0.717) is 11.1 Å². The molecule has 0 unspecified atom stereocenters. The molecule has 0 saturated heterocycles. The van der Waals surface area contributed by atoms with Gasteiger partial charge in [-0.1, -0.05) is 84.9 Å². The fourth-order valence-electron chi connectivity index (χ4n) is 6.24. The van der Waals surface area contributed by atoms with Crippen LogP contribution >= 0.6 is 0 Å². The number of rotatable bonds is 4. The van der Waals surface area contributed by atoms with Crippen molar-refractivity contribution in [2.75, 3.05) is 0 Å². The Hall–Kier alpha value is -5.22. The molecular weight excluding hydrogens is 510 g/mol. The maximum Gasteiger partial charge on any atom is 0.128 e. The molecule has 41 heavy (non-hydrogen) atoms. The van der Waals surface area contributed by atoms with Gasteiger partial charge in [-0.15, -0.1) is 0 Å². The monoisotopic (exact) mass is 534 g/mol. The van der Waals surface area contributed by atoms with Crippen LogP contribution in [-0.4, -0.2) is 9.13 Å². The summed E-state index contributed by atoms with van der Waals surface area (Å²) in [4.78, 5) is 0. The quantitative estimate of drug-likeness (QED) is 0.213. The molecule has 0 amide bonds. The van der Waals surface area contributed by atoms with Crippen molar-refractivity contribution in [3.8, 4) is 11.4 Å². The van der Waals surface area contributed by atoms with Crippen molar-refractivity contribution in [1.29, 1.82) is 0 Å². The van der Waals surface area contributed by atoms with E-state index < -0.39 is 0 Å². The highest BCUT2D eigenvalue weighted by Gasteiger charge is 2.16. The van der Waals surface area contributed by atoms with E-state index >= 15 is 8.78 Å². The van der Waals surface area contributed by atoms with Gasteiger partial charge in [0.15, 0.2) is 0 Å². The second kappa shape index (κ2) is 9.17. The van der Waals surface area contributed by atoms with Crippen molar-refractivity contribution in [3.63, 3.8) is 0 Å². The molecule has 0 saturated carbocycles. The lowest BCUT2D eigenvalue weighted by atomic mass is 10.0. The number of nitrogens with zero attached hydrogens (tertiary/aromatic N) is 2. The normalized spacial score (nSPS) is 11.8. The van der Waals surface area contributed by atoms with Crippen molar-refractivity contribution >= 4 is 43.6 Å². The zero-order chi connectivity index (χ0) is 27.5. The summed E-state index contributed by atoms with van der Waals surface area (Å²) in [6.45, 7) is 0. The molecule has 2 heterocycles. The average Bonchev–Trinajstić information content (AvgIpc) is 3.52. The molecule has 0 atom stereocenters. The average molecular weight is 535 g/mol. The second-order valence-corrected chi connectivity index (χ2v) is 10.5. The molecule has 0 aliphatic rings. The Bertz CT molecular complexity index is 2000. The maximum absolute atomic E-state index is 15.6. The summed E-state index contributed by atoms with van der Waals surface area (Å²) in [5.74, 6) is -0.703. The summed E-state index contributed by atoms with van der Waals surface area (Å²) in [5, 5.41) is 4.49. The van der Waals surface area contributed by atoms with Gasteiger partial charge in [0.2, 0.25) is 0 Å². The second-order valence-electron chi connectivity index (χ2n) is 10.5. The van der Waals surface area contributed by atoms with Crippen LogP contribution in [0.4, 0.5) is 8.78 Å². The minimum absolute atomic E-state index is 0.165. The number of aromatic nitrogens is 2. The predicted octanol–water partition coefficient (Wildman–Crippen LogP) is 9.75. The maximum atomic E-state index is 15.6. The van der Waals surface area contributed by atoms with Gasteiger partial charge in [0.05, 0.1) is 22.1 Å². The van der Waals surface area contributed by atoms with Gasteiger partial charge in [-0.25, -0.2) is 8.78 Å². The Morgan fingerprint density at radius 3 is 1.02 bits per heavy atom. The van der Waals surface area contributed by atoms with E-state index in [4.69, 9.17) is 0 Å². The third-order valence-electron chi connectivity index (χ3n) is 8.13. The van der Waals surface area contributed by atoms with Crippen molar-refractivity contribution < 1.29 is 8.78 Å². The summed E-state index contributed by atoms with van der Waals surface area (Å²) in [7, 11) is 0. The fourth-order valence-corrected chi connectivity index (χ4v) is 6.24. The van der Waals surface area contributed by atoms with E-state index in [1.807, 2.05) is 60.7 Å². The SMILES string of the molecule is Fc1cc(-n2c3ccccc3c3ccccc32)ccc1Cc1ccc(-n2c3ccccc3c3ccccc32)cc1F. The highest BCUT2D eigenvalue weighted by atomic mass is 19.1. The Morgan fingerprint density at radius 2 is 0.707 bits per heavy atom. The molecular formula is C37H24F2N2. The minimum atomic E-state index is -0.352. The van der Waals surface area contributed by atoms with Gasteiger partial charge in [0.1, 0.15) is 11.6 Å². The first-order valence-electron chi connectivity index (χ1n) is 13.7. The van der Waals surface area contributed by atoms with Gasteiger partial charge in [0.25, 0.3) is 0 Å². The van der Waals surface area contributed by atoms with Crippen LogP contribution in [0.25, 0.3) is 55.0 Å². The summed E-state index contributed by atoms with van der Waals surface area (Å²) in [6.07, 6.45) is 0.165. The van der Waals surface area contributed by atoms with Crippen LogP contribution in [0.1, 0.15) is 11.1 Å². The van der Waals surface area contributed by atoms with Crippen molar-refractivity contribution in [2.45, 2.75) is 6.42 Å². The predicted molar refractivity (Wildman–Crippen MR) is 164 cm³/mol. The van der Waals surface area contributed by atoms with Gasteiger partial charge >= 0.3 is 0 Å². The molecule has 6 aromatic carbocycles. The lowest BCUT2D eigenvalue weighted by Gasteiger charge is -2.12. The number of hydrogen-bond donors (Lipinski definition) is 0. The lowest BCUT2D eigenvalue weighted by Crippen LogP contribution is -2.01. The van der Waals surface area contributed by atoms with Gasteiger partial charge < -0.3 is 9.13 Å². The van der Waals surface area contributed by atoms with Crippen LogP contribution in [0.3, 0.4) is 0 Å². The van der Waals surface area contributed by atoms with E-state index in [0.717, 1.165) is 55.0 Å². The third kappa shape index (κ3) is 3.68. The smallest absolute Gasteiger partial charge is 0.128 e. The van der Waals surface area contributed by atoms with Crippen LogP contribution in [0.2, 0.25) is 0 Å². The highest BCUT2D eigenvalue weighted by molar-refractivity contribution is 6.10. The molecule has 4 heteroatoms. The number of fused-ring (bicyclic) bond motifs is 6. The largest absolute Gasteiger partial charge is 0.309 e. The van der Waals surface area contributed by atoms with Crippen molar-refractivity contribution in [1.82, 2.24) is 9.13 Å². The molecule has 2 aromatic heterocycles. The number of para-hydroxylation sites is 4. The first-order valence-corrected chi connectivity index (χ1v) is 13.7. The lowest BCUT2D eigenvalue weighted by molar-refractivity contribution is 0.598. The molecule has 0 N–H and O–H groups in total. The van der Waals surface area contributed by atoms with Crippen LogP contribution < -0.4 is 0 Å². The van der Waals surface area contributed by atoms with Gasteiger partial charge in [-0.05, 0) is 59.7 Å². The molecule has 0 aliphatic heterocycles. The molecule has 8 aromatic rings. The number of halogens is 2. The first kappa shape index (κ1) is 23.6. The van der Waals surface area contributed by atoms with Crippen LogP contribution in [-0.2, 0) is 6.42 Å². The van der Waals surface area contributed by atoms with Crippen LogP contribution in [0.15, 0.2) is 133 Å². The zero-order valence-corrected chi connectivity index (χ0v) is 22.1. The standard InChI is InChI=1S/C37H24F2N2/c38-32-22-26(40-34-13-5-1-9-28(34)29-10-2-6-14-35(29)40)19-17-24(32)21-25-18-20-27(23-33(25)39)41-36-15-7-3-11-30(36)31-12-4-8-16-37(31)41/h1-20,22-23H,21H2. The highest BCUT2D eigenvalue weighted by Crippen LogP contribution is 2.34. The van der Waals surface area contributed by atoms with Crippen LogP contribution in [0.5, 0.6) is 0 Å². The number of benzene rings is 6. The molecule has 196 valence electrons. The molecule has 2 nitrogen and oxygen atoms in total. The van der Waals surface area contributed by atoms with E-state index in [2.05, 4.69) is 57.7 Å². The molecule has 0 spiro atoms. The Balaban J connectivity index is 1.17. The van der Waals surface area contributed by atoms with Gasteiger partial charge in [-0.2, -0.15) is 0 Å². The Morgan fingerprint density at radius 1 is 0.390 bits per heavy atom. The summed E-state index contributed by atoms with van der Waals surface area (Å²) >= 11 is 0. The molecule has 8 rings (SSSR count). The van der Waals surface area contributed by atoms with Crippen LogP contribution in [0, 0.1) is 11.6 Å². The van der Waals surface area contributed by atoms with E-state index in [1.165, 1.54) is 0 Å². The first-order chi connectivity index (χ1) is 20.2. The summed E-state index contributed by atoms with van der Waals surface area (Å²) < 4.78 is 35.3. The topological polar surface area (TPSA) is 9.86 Å². The molecule has 0 radical (unpaired) electrons. The van der Waals surface area contributed by atoms with Crippen molar-refractivity contribution in [3.05, 3.63) is 156 Å². The summed E-state index contributed by atoms with van der Waals surface area (Å²) in [6, 6.07) is 43.1. The third-order valence-corrected chi connectivity index (χ3v) is 8.13. The Kier molecular flexibility index (Phi) is 5.29. The number of hydrogen-bond acceptors (Lipinski definition) is 0. The molecule has 0 fully saturated rings. The van der Waals surface area contributed by atoms with E-state index in [1.54, 1.807) is 24.3 Å². The van der Waals surface area contributed by atoms with Gasteiger partial charge in [-0.3, -0.25) is 0 Å². The molecule has 0 bridgehead atoms. The summed E-state index contributed by atoms with van der Waals surface area (Å²) in [5.41, 5.74) is 6.48.